The molecule has 0 bridgehead atoms. The van der Waals surface area contributed by atoms with Gasteiger partial charge in [-0.3, -0.25) is 0 Å². The van der Waals surface area contributed by atoms with Crippen molar-refractivity contribution < 1.29 is 14.7 Å². The highest BCUT2D eigenvalue weighted by molar-refractivity contribution is 5.82. The molecule has 5 heteroatoms. The summed E-state index contributed by atoms with van der Waals surface area (Å²) in [5.41, 5.74) is 1.06. The van der Waals surface area contributed by atoms with Gasteiger partial charge in [-0.15, -0.1) is 0 Å². The summed E-state index contributed by atoms with van der Waals surface area (Å²) in [5, 5.41) is 11.8. The van der Waals surface area contributed by atoms with Gasteiger partial charge in [-0.05, 0) is 31.7 Å². The Morgan fingerprint density at radius 3 is 2.43 bits per heavy atom. The smallest absolute Gasteiger partial charge is 0.326 e. The van der Waals surface area contributed by atoms with Crippen LogP contribution in [-0.4, -0.2) is 41.1 Å². The summed E-state index contributed by atoms with van der Waals surface area (Å²) in [7, 11) is 1.68. The number of urea groups is 1. The van der Waals surface area contributed by atoms with E-state index < -0.39 is 12.0 Å². The number of rotatable bonds is 7. The Kier molecular flexibility index (Phi) is 6.72. The molecule has 0 spiro atoms. The molecule has 2 N–H and O–H groups in total. The maximum atomic E-state index is 12.0. The summed E-state index contributed by atoms with van der Waals surface area (Å²) in [4.78, 5) is 24.8. The number of amides is 2. The normalized spacial score (nSPS) is 13.3. The summed E-state index contributed by atoms with van der Waals surface area (Å²) in [5.74, 6) is -1.00. The van der Waals surface area contributed by atoms with Crippen molar-refractivity contribution in [3.05, 3.63) is 35.9 Å². The molecule has 116 valence electrons. The van der Waals surface area contributed by atoms with E-state index in [4.69, 9.17) is 0 Å². The number of nitrogens with zero attached hydrogens (tertiary/aromatic N) is 1. The van der Waals surface area contributed by atoms with Crippen LogP contribution in [0.1, 0.15) is 32.3 Å². The van der Waals surface area contributed by atoms with Gasteiger partial charge in [0.1, 0.15) is 6.04 Å². The fourth-order valence-corrected chi connectivity index (χ4v) is 1.94. The quantitative estimate of drug-likeness (QED) is 0.811. The number of hydrogen-bond acceptors (Lipinski definition) is 2. The van der Waals surface area contributed by atoms with Crippen LogP contribution in [-0.2, 0) is 11.2 Å². The summed E-state index contributed by atoms with van der Waals surface area (Å²) in [6.45, 7) is 3.91. The predicted octanol–water partition coefficient (Wildman–Crippen LogP) is 2.51. The Labute approximate surface area is 126 Å². The number of benzene rings is 1. The lowest BCUT2D eigenvalue weighted by Gasteiger charge is -2.26. The maximum absolute atomic E-state index is 12.0. The van der Waals surface area contributed by atoms with Crippen molar-refractivity contribution in [2.75, 3.05) is 7.05 Å². The van der Waals surface area contributed by atoms with Crippen LogP contribution in [0.5, 0.6) is 0 Å². The molecule has 0 heterocycles. The topological polar surface area (TPSA) is 69.6 Å². The van der Waals surface area contributed by atoms with Crippen LogP contribution in [0.25, 0.3) is 0 Å². The zero-order chi connectivity index (χ0) is 15.8. The molecule has 1 aromatic carbocycles. The monoisotopic (exact) mass is 292 g/mol. The molecule has 2 amide bonds. The SMILES string of the molecule is CCC(C)N(C)C(=O)NC(CCc1ccccc1)C(=O)O. The molecule has 1 aromatic rings. The second-order valence-electron chi connectivity index (χ2n) is 5.23. The van der Waals surface area contributed by atoms with Crippen molar-refractivity contribution in [2.45, 2.75) is 45.2 Å². The zero-order valence-corrected chi connectivity index (χ0v) is 12.9. The Morgan fingerprint density at radius 2 is 1.90 bits per heavy atom. The Bertz CT molecular complexity index is 462. The Hall–Kier alpha value is -2.04. The van der Waals surface area contributed by atoms with Crippen LogP contribution in [0, 0.1) is 0 Å². The molecule has 1 rings (SSSR count). The van der Waals surface area contributed by atoms with Crippen LogP contribution in [0.2, 0.25) is 0 Å². The molecule has 0 saturated heterocycles. The highest BCUT2D eigenvalue weighted by Crippen LogP contribution is 2.07. The number of nitrogens with one attached hydrogen (secondary N) is 1. The van der Waals surface area contributed by atoms with Crippen molar-refractivity contribution in [1.29, 1.82) is 0 Å². The van der Waals surface area contributed by atoms with Gasteiger partial charge in [-0.1, -0.05) is 37.3 Å². The number of carboxylic acid groups (broad SMARTS) is 1. The van der Waals surface area contributed by atoms with Crippen LogP contribution in [0.3, 0.4) is 0 Å². The Morgan fingerprint density at radius 1 is 1.29 bits per heavy atom. The van der Waals surface area contributed by atoms with Gasteiger partial charge in [-0.25, -0.2) is 9.59 Å². The average molecular weight is 292 g/mol. The van der Waals surface area contributed by atoms with Crippen LogP contribution < -0.4 is 5.32 Å². The number of carbonyl (C=O) groups excluding carboxylic acids is 1. The highest BCUT2D eigenvalue weighted by atomic mass is 16.4. The number of carboxylic acids is 1. The first-order valence-electron chi connectivity index (χ1n) is 7.25. The maximum Gasteiger partial charge on any atom is 0.326 e. The van der Waals surface area contributed by atoms with E-state index in [1.165, 1.54) is 0 Å². The largest absolute Gasteiger partial charge is 0.480 e. The minimum absolute atomic E-state index is 0.0774. The van der Waals surface area contributed by atoms with E-state index >= 15 is 0 Å². The molecule has 2 unspecified atom stereocenters. The van der Waals surface area contributed by atoms with E-state index in [0.717, 1.165) is 12.0 Å². The lowest BCUT2D eigenvalue weighted by Crippen LogP contribution is -2.49. The van der Waals surface area contributed by atoms with E-state index in [-0.39, 0.29) is 12.1 Å². The molecule has 21 heavy (non-hydrogen) atoms. The van der Waals surface area contributed by atoms with E-state index in [1.807, 2.05) is 44.2 Å². The van der Waals surface area contributed by atoms with Crippen molar-refractivity contribution in [2.24, 2.45) is 0 Å². The van der Waals surface area contributed by atoms with Crippen molar-refractivity contribution in [1.82, 2.24) is 10.2 Å². The van der Waals surface area contributed by atoms with Crippen LogP contribution in [0.15, 0.2) is 30.3 Å². The molecular weight excluding hydrogens is 268 g/mol. The minimum Gasteiger partial charge on any atom is -0.480 e. The third-order valence-electron chi connectivity index (χ3n) is 3.73. The van der Waals surface area contributed by atoms with Gasteiger partial charge in [0.2, 0.25) is 0 Å². The van der Waals surface area contributed by atoms with Gasteiger partial charge < -0.3 is 15.3 Å². The first kappa shape index (κ1) is 17.0. The third kappa shape index (κ3) is 5.45. The van der Waals surface area contributed by atoms with Crippen molar-refractivity contribution in [3.8, 4) is 0 Å². The second-order valence-corrected chi connectivity index (χ2v) is 5.23. The first-order valence-corrected chi connectivity index (χ1v) is 7.25. The number of aryl methyl sites for hydroxylation is 1. The average Bonchev–Trinajstić information content (AvgIpc) is 2.50. The molecule has 5 nitrogen and oxygen atoms in total. The molecule has 0 aliphatic heterocycles. The van der Waals surface area contributed by atoms with Gasteiger partial charge in [0, 0.05) is 13.1 Å². The molecular formula is C16H24N2O3. The number of carbonyl (C=O) groups is 2. The fourth-order valence-electron chi connectivity index (χ4n) is 1.94. The van der Waals surface area contributed by atoms with Crippen LogP contribution >= 0.6 is 0 Å². The van der Waals surface area contributed by atoms with Gasteiger partial charge in [0.15, 0.2) is 0 Å². The molecule has 0 aliphatic rings. The second kappa shape index (κ2) is 8.29. The van der Waals surface area contributed by atoms with E-state index in [9.17, 15) is 14.7 Å². The summed E-state index contributed by atoms with van der Waals surface area (Å²) >= 11 is 0. The molecule has 0 aliphatic carbocycles. The van der Waals surface area contributed by atoms with Gasteiger partial charge in [0.05, 0.1) is 0 Å². The third-order valence-corrected chi connectivity index (χ3v) is 3.73. The molecule has 0 saturated carbocycles. The standard InChI is InChI=1S/C16H24N2O3/c1-4-12(2)18(3)16(21)17-14(15(19)20)11-10-13-8-6-5-7-9-13/h5-9,12,14H,4,10-11H2,1-3H3,(H,17,21)(H,19,20). The van der Waals surface area contributed by atoms with Gasteiger partial charge >= 0.3 is 12.0 Å². The highest BCUT2D eigenvalue weighted by Gasteiger charge is 2.23. The van der Waals surface area contributed by atoms with Crippen molar-refractivity contribution >= 4 is 12.0 Å². The number of aliphatic carboxylic acids is 1. The Balaban J connectivity index is 2.58. The van der Waals surface area contributed by atoms with E-state index in [0.29, 0.717) is 12.8 Å². The van der Waals surface area contributed by atoms with E-state index in [1.54, 1.807) is 11.9 Å². The summed E-state index contributed by atoms with van der Waals surface area (Å²) in [6.07, 6.45) is 1.82. The van der Waals surface area contributed by atoms with E-state index in [2.05, 4.69) is 5.32 Å². The fraction of sp³-hybridized carbons (Fsp3) is 0.500. The lowest BCUT2D eigenvalue weighted by molar-refractivity contribution is -0.139. The van der Waals surface area contributed by atoms with Gasteiger partial charge in [-0.2, -0.15) is 0 Å². The molecule has 0 radical (unpaired) electrons. The summed E-state index contributed by atoms with van der Waals surface area (Å²) in [6, 6.07) is 8.52. The van der Waals surface area contributed by atoms with Gasteiger partial charge in [0.25, 0.3) is 0 Å². The lowest BCUT2D eigenvalue weighted by atomic mass is 10.1. The number of hydrogen-bond donors (Lipinski definition) is 2. The first-order chi connectivity index (χ1) is 9.95. The molecule has 0 fully saturated rings. The van der Waals surface area contributed by atoms with Crippen molar-refractivity contribution in [3.63, 3.8) is 0 Å². The zero-order valence-electron chi connectivity index (χ0n) is 12.9. The van der Waals surface area contributed by atoms with Crippen LogP contribution in [0.4, 0.5) is 4.79 Å². The summed E-state index contributed by atoms with van der Waals surface area (Å²) < 4.78 is 0. The molecule has 0 aromatic heterocycles. The minimum atomic E-state index is -1.00. The predicted molar refractivity (Wildman–Crippen MR) is 82.2 cm³/mol. The molecule has 2 atom stereocenters.